The van der Waals surface area contributed by atoms with Crippen LogP contribution >= 0.6 is 15.9 Å². The fraction of sp³-hybridized carbons (Fsp3) is 0.143. The van der Waals surface area contributed by atoms with Gasteiger partial charge in [0.15, 0.2) is 0 Å². The number of urea groups is 1. The summed E-state index contributed by atoms with van der Waals surface area (Å²) in [6, 6.07) is 20.5. The summed E-state index contributed by atoms with van der Waals surface area (Å²) in [5.41, 5.74) is 2.63. The first-order valence-corrected chi connectivity index (χ1v) is 9.29. The number of carbonyl (C=O) groups is 1. The maximum Gasteiger partial charge on any atom is 0.315 e. The van der Waals surface area contributed by atoms with Crippen LogP contribution in [-0.4, -0.2) is 18.1 Å². The first-order valence-electron chi connectivity index (χ1n) is 8.50. The predicted molar refractivity (Wildman–Crippen MR) is 109 cm³/mol. The second kappa shape index (κ2) is 9.19. The minimum absolute atomic E-state index is 0.281. The third-order valence-corrected chi connectivity index (χ3v) is 4.57. The van der Waals surface area contributed by atoms with Gasteiger partial charge in [-0.1, -0.05) is 52.3 Å². The highest BCUT2D eigenvalue weighted by atomic mass is 79.9. The molecule has 0 bridgehead atoms. The summed E-state index contributed by atoms with van der Waals surface area (Å²) in [7, 11) is 1.61. The van der Waals surface area contributed by atoms with Crippen LogP contribution in [0.1, 0.15) is 22.9 Å². The van der Waals surface area contributed by atoms with Gasteiger partial charge >= 0.3 is 6.03 Å². The Balaban J connectivity index is 1.73. The lowest BCUT2D eigenvalue weighted by Crippen LogP contribution is -2.38. The fourth-order valence-corrected chi connectivity index (χ4v) is 3.17. The van der Waals surface area contributed by atoms with Crippen LogP contribution in [0.25, 0.3) is 0 Å². The molecule has 0 aliphatic rings. The van der Waals surface area contributed by atoms with Gasteiger partial charge < -0.3 is 15.4 Å². The van der Waals surface area contributed by atoms with E-state index in [1.54, 1.807) is 13.3 Å². The molecule has 27 heavy (non-hydrogen) atoms. The second-order valence-electron chi connectivity index (χ2n) is 5.88. The van der Waals surface area contributed by atoms with Crippen LogP contribution in [0.15, 0.2) is 77.4 Å². The zero-order valence-electron chi connectivity index (χ0n) is 14.9. The fourth-order valence-electron chi connectivity index (χ4n) is 2.76. The normalized spacial score (nSPS) is 11.5. The molecule has 0 fully saturated rings. The number of amides is 2. The summed E-state index contributed by atoms with van der Waals surface area (Å²) in [6.45, 7) is 0.345. The number of methoxy groups -OCH3 is 1. The van der Waals surface area contributed by atoms with Gasteiger partial charge in [0.25, 0.3) is 0 Å². The number of hydrogen-bond acceptors (Lipinski definition) is 3. The average molecular weight is 426 g/mol. The van der Waals surface area contributed by atoms with E-state index in [1.165, 1.54) is 0 Å². The standard InChI is InChI=1S/C21H20BrN3O2/c1-27-19-11-10-17(22)13-16(19)14-24-21(26)25-20(15-7-3-2-4-8-15)18-9-5-6-12-23-18/h2-13,20H,14H2,1H3,(H2,24,25,26). The van der Waals surface area contributed by atoms with Crippen molar-refractivity contribution in [2.45, 2.75) is 12.6 Å². The van der Waals surface area contributed by atoms with E-state index in [4.69, 9.17) is 4.74 Å². The Kier molecular flexibility index (Phi) is 6.44. The third kappa shape index (κ3) is 5.08. The minimum Gasteiger partial charge on any atom is -0.496 e. The van der Waals surface area contributed by atoms with E-state index in [9.17, 15) is 4.79 Å². The number of ether oxygens (including phenoxy) is 1. The average Bonchev–Trinajstić information content (AvgIpc) is 2.72. The Labute approximate surface area is 166 Å². The molecular weight excluding hydrogens is 406 g/mol. The van der Waals surface area contributed by atoms with Crippen molar-refractivity contribution in [3.8, 4) is 5.75 Å². The summed E-state index contributed by atoms with van der Waals surface area (Å²) in [5, 5.41) is 5.90. The van der Waals surface area contributed by atoms with Crippen molar-refractivity contribution >= 4 is 22.0 Å². The van der Waals surface area contributed by atoms with Gasteiger partial charge in [0.2, 0.25) is 0 Å². The van der Waals surface area contributed by atoms with Crippen molar-refractivity contribution < 1.29 is 9.53 Å². The molecule has 2 aromatic carbocycles. The maximum atomic E-state index is 12.6. The number of halogens is 1. The van der Waals surface area contributed by atoms with Gasteiger partial charge in [0.05, 0.1) is 18.8 Å². The Morgan fingerprint density at radius 2 is 1.89 bits per heavy atom. The lowest BCUT2D eigenvalue weighted by atomic mass is 10.0. The molecule has 3 rings (SSSR count). The largest absolute Gasteiger partial charge is 0.496 e. The van der Waals surface area contributed by atoms with Crippen molar-refractivity contribution in [3.63, 3.8) is 0 Å². The molecule has 1 atom stereocenters. The van der Waals surface area contributed by atoms with Gasteiger partial charge in [-0.25, -0.2) is 4.79 Å². The summed E-state index contributed by atoms with van der Waals surface area (Å²) >= 11 is 3.44. The summed E-state index contributed by atoms with van der Waals surface area (Å²) < 4.78 is 6.28. The highest BCUT2D eigenvalue weighted by Gasteiger charge is 2.18. The Hall–Kier alpha value is -2.86. The highest BCUT2D eigenvalue weighted by molar-refractivity contribution is 9.10. The number of hydrogen-bond donors (Lipinski definition) is 2. The van der Waals surface area contributed by atoms with Gasteiger partial charge in [-0.2, -0.15) is 0 Å². The van der Waals surface area contributed by atoms with E-state index in [-0.39, 0.29) is 12.1 Å². The molecule has 2 N–H and O–H groups in total. The molecule has 0 aliphatic carbocycles. The molecule has 1 heterocycles. The molecule has 0 radical (unpaired) electrons. The van der Waals surface area contributed by atoms with Crippen LogP contribution in [0, 0.1) is 0 Å². The van der Waals surface area contributed by atoms with E-state index in [0.29, 0.717) is 6.54 Å². The van der Waals surface area contributed by atoms with Crippen molar-refractivity contribution in [1.82, 2.24) is 15.6 Å². The first kappa shape index (κ1) is 18.9. The van der Waals surface area contributed by atoms with Crippen molar-refractivity contribution in [2.75, 3.05) is 7.11 Å². The minimum atomic E-state index is -0.336. The molecule has 0 saturated heterocycles. The lowest BCUT2D eigenvalue weighted by Gasteiger charge is -2.19. The summed E-state index contributed by atoms with van der Waals surface area (Å²) in [5.74, 6) is 0.725. The molecule has 1 unspecified atom stereocenters. The van der Waals surface area contributed by atoms with Gasteiger partial charge in [-0.05, 0) is 35.9 Å². The number of aromatic nitrogens is 1. The molecule has 6 heteroatoms. The van der Waals surface area contributed by atoms with Gasteiger partial charge in [0, 0.05) is 22.8 Å². The quantitative estimate of drug-likeness (QED) is 0.613. The van der Waals surface area contributed by atoms with Crippen LogP contribution in [-0.2, 0) is 6.54 Å². The number of pyridine rings is 1. The first-order chi connectivity index (χ1) is 13.2. The Morgan fingerprint density at radius 3 is 2.59 bits per heavy atom. The molecular formula is C21H20BrN3O2. The topological polar surface area (TPSA) is 63.2 Å². The number of benzene rings is 2. The van der Waals surface area contributed by atoms with E-state index in [2.05, 4.69) is 31.5 Å². The maximum absolute atomic E-state index is 12.6. The molecule has 0 spiro atoms. The smallest absolute Gasteiger partial charge is 0.315 e. The van der Waals surface area contributed by atoms with E-state index < -0.39 is 0 Å². The SMILES string of the molecule is COc1ccc(Br)cc1CNC(=O)NC(c1ccccc1)c1ccccn1. The molecule has 0 aliphatic heterocycles. The van der Waals surface area contributed by atoms with E-state index >= 15 is 0 Å². The van der Waals surface area contributed by atoms with Crippen LogP contribution in [0.2, 0.25) is 0 Å². The number of nitrogens with zero attached hydrogens (tertiary/aromatic N) is 1. The van der Waals surface area contributed by atoms with Gasteiger partial charge in [-0.3, -0.25) is 4.98 Å². The summed E-state index contributed by atoms with van der Waals surface area (Å²) in [6.07, 6.45) is 1.72. The highest BCUT2D eigenvalue weighted by Crippen LogP contribution is 2.23. The molecule has 5 nitrogen and oxygen atoms in total. The third-order valence-electron chi connectivity index (χ3n) is 4.07. The molecule has 0 saturated carbocycles. The Morgan fingerprint density at radius 1 is 1.11 bits per heavy atom. The van der Waals surface area contributed by atoms with Crippen LogP contribution in [0.4, 0.5) is 4.79 Å². The lowest BCUT2D eigenvalue weighted by molar-refractivity contribution is 0.238. The molecule has 3 aromatic rings. The van der Waals surface area contributed by atoms with Crippen LogP contribution < -0.4 is 15.4 Å². The zero-order valence-corrected chi connectivity index (χ0v) is 16.4. The monoisotopic (exact) mass is 425 g/mol. The predicted octanol–water partition coefficient (Wildman–Crippen LogP) is 4.44. The number of nitrogens with one attached hydrogen (secondary N) is 2. The van der Waals surface area contributed by atoms with E-state index in [0.717, 1.165) is 27.0 Å². The number of rotatable bonds is 6. The summed E-state index contributed by atoms with van der Waals surface area (Å²) in [4.78, 5) is 17.0. The molecule has 2 amide bonds. The molecule has 138 valence electrons. The van der Waals surface area contributed by atoms with Crippen molar-refractivity contribution in [3.05, 3.63) is 94.2 Å². The van der Waals surface area contributed by atoms with Crippen LogP contribution in [0.3, 0.4) is 0 Å². The number of carbonyl (C=O) groups excluding carboxylic acids is 1. The van der Waals surface area contributed by atoms with Crippen LogP contribution in [0.5, 0.6) is 5.75 Å². The van der Waals surface area contributed by atoms with Crippen molar-refractivity contribution in [1.29, 1.82) is 0 Å². The molecule has 1 aromatic heterocycles. The van der Waals surface area contributed by atoms with Crippen molar-refractivity contribution in [2.24, 2.45) is 0 Å². The van der Waals surface area contributed by atoms with E-state index in [1.807, 2.05) is 66.7 Å². The van der Waals surface area contributed by atoms with Gasteiger partial charge in [-0.15, -0.1) is 0 Å². The Bertz CT molecular complexity index is 849. The zero-order chi connectivity index (χ0) is 19.1. The second-order valence-corrected chi connectivity index (χ2v) is 6.80. The van der Waals surface area contributed by atoms with Gasteiger partial charge in [0.1, 0.15) is 5.75 Å².